The van der Waals surface area contributed by atoms with Crippen molar-refractivity contribution in [1.29, 1.82) is 0 Å². The lowest BCUT2D eigenvalue weighted by Gasteiger charge is -2.15. The summed E-state index contributed by atoms with van der Waals surface area (Å²) in [6.07, 6.45) is 2.92. The Morgan fingerprint density at radius 2 is 2.25 bits per heavy atom. The van der Waals surface area contributed by atoms with Gasteiger partial charge >= 0.3 is 0 Å². The van der Waals surface area contributed by atoms with E-state index >= 15 is 0 Å². The smallest absolute Gasteiger partial charge is 0.243 e. The fourth-order valence-corrected chi connectivity index (χ4v) is 2.51. The predicted octanol–water partition coefficient (Wildman–Crippen LogP) is 0.754. The standard InChI is InChI=1S/C13H20N6O/c1-4-9-10-12(18(3)17-9)19(13(14)16-10)7(2)11(20)15-8-5-6-8/h7-8H,4-6H2,1-3H3,(H2,14,16)(H,15,20). The number of rotatable bonds is 4. The Morgan fingerprint density at radius 3 is 2.85 bits per heavy atom. The van der Waals surface area contributed by atoms with Gasteiger partial charge in [-0.3, -0.25) is 14.0 Å². The highest BCUT2D eigenvalue weighted by Crippen LogP contribution is 2.26. The first kappa shape index (κ1) is 13.0. The molecule has 0 aromatic carbocycles. The number of hydrogen-bond donors (Lipinski definition) is 2. The molecular weight excluding hydrogens is 256 g/mol. The van der Waals surface area contributed by atoms with Crippen molar-refractivity contribution in [2.75, 3.05) is 5.73 Å². The monoisotopic (exact) mass is 276 g/mol. The van der Waals surface area contributed by atoms with Gasteiger partial charge in [0.2, 0.25) is 11.9 Å². The molecule has 0 aliphatic heterocycles. The van der Waals surface area contributed by atoms with E-state index in [1.165, 1.54) is 0 Å². The van der Waals surface area contributed by atoms with E-state index in [-0.39, 0.29) is 11.9 Å². The summed E-state index contributed by atoms with van der Waals surface area (Å²) in [4.78, 5) is 16.6. The predicted molar refractivity (Wildman–Crippen MR) is 76.2 cm³/mol. The summed E-state index contributed by atoms with van der Waals surface area (Å²) in [6, 6.07) is -0.0522. The largest absolute Gasteiger partial charge is 0.369 e. The topological polar surface area (TPSA) is 90.8 Å². The second kappa shape index (κ2) is 4.50. The number of carbonyl (C=O) groups is 1. The number of carbonyl (C=O) groups excluding carboxylic acids is 1. The third-order valence-corrected chi connectivity index (χ3v) is 3.79. The minimum Gasteiger partial charge on any atom is -0.369 e. The van der Waals surface area contributed by atoms with Crippen LogP contribution in [0.2, 0.25) is 0 Å². The first-order valence-electron chi connectivity index (χ1n) is 7.02. The quantitative estimate of drug-likeness (QED) is 0.862. The zero-order valence-electron chi connectivity index (χ0n) is 12.1. The number of nitrogens with one attached hydrogen (secondary N) is 1. The molecule has 1 aliphatic rings. The summed E-state index contributed by atoms with van der Waals surface area (Å²) in [5.74, 6) is 0.346. The lowest BCUT2D eigenvalue weighted by atomic mass is 10.3. The molecule has 3 rings (SSSR count). The molecule has 0 spiro atoms. The second-order valence-corrected chi connectivity index (χ2v) is 5.39. The molecule has 1 atom stereocenters. The molecule has 3 N–H and O–H groups in total. The molecule has 0 saturated heterocycles. The number of nitrogen functional groups attached to an aromatic ring is 1. The highest BCUT2D eigenvalue weighted by atomic mass is 16.2. The van der Waals surface area contributed by atoms with Crippen LogP contribution in [0.4, 0.5) is 5.95 Å². The molecule has 7 heteroatoms. The van der Waals surface area contributed by atoms with Crippen molar-refractivity contribution in [2.24, 2.45) is 7.05 Å². The molecule has 2 heterocycles. The molecule has 1 unspecified atom stereocenters. The van der Waals surface area contributed by atoms with Crippen LogP contribution in [-0.2, 0) is 18.3 Å². The number of anilines is 1. The number of nitrogens with two attached hydrogens (primary N) is 1. The van der Waals surface area contributed by atoms with E-state index in [2.05, 4.69) is 15.4 Å². The van der Waals surface area contributed by atoms with Crippen molar-refractivity contribution in [3.05, 3.63) is 5.69 Å². The van der Waals surface area contributed by atoms with E-state index in [4.69, 9.17) is 5.73 Å². The van der Waals surface area contributed by atoms with Gasteiger partial charge in [0.15, 0.2) is 5.65 Å². The van der Waals surface area contributed by atoms with Crippen LogP contribution < -0.4 is 11.1 Å². The van der Waals surface area contributed by atoms with Gasteiger partial charge in [-0.1, -0.05) is 6.92 Å². The SMILES string of the molecule is CCc1nn(C)c2c1nc(N)n2C(C)C(=O)NC1CC1. The molecule has 7 nitrogen and oxygen atoms in total. The maximum absolute atomic E-state index is 12.2. The van der Waals surface area contributed by atoms with E-state index in [1.807, 2.05) is 20.9 Å². The molecule has 2 aromatic heterocycles. The van der Waals surface area contributed by atoms with Crippen LogP contribution in [0.15, 0.2) is 0 Å². The van der Waals surface area contributed by atoms with E-state index in [1.54, 1.807) is 9.25 Å². The lowest BCUT2D eigenvalue weighted by molar-refractivity contribution is -0.123. The van der Waals surface area contributed by atoms with Gasteiger partial charge < -0.3 is 11.1 Å². The van der Waals surface area contributed by atoms with Crippen molar-refractivity contribution in [1.82, 2.24) is 24.6 Å². The van der Waals surface area contributed by atoms with Crippen molar-refractivity contribution >= 4 is 23.0 Å². The number of imidazole rings is 1. The number of aryl methyl sites for hydroxylation is 2. The second-order valence-electron chi connectivity index (χ2n) is 5.39. The van der Waals surface area contributed by atoms with Crippen LogP contribution in [0, 0.1) is 0 Å². The summed E-state index contributed by atoms with van der Waals surface area (Å²) in [5, 5.41) is 7.43. The highest BCUT2D eigenvalue weighted by Gasteiger charge is 2.29. The van der Waals surface area contributed by atoms with Crippen LogP contribution in [0.1, 0.15) is 38.4 Å². The average Bonchev–Trinajstić information content (AvgIpc) is 3.08. The maximum Gasteiger partial charge on any atom is 0.243 e. The number of amides is 1. The number of fused-ring (bicyclic) bond motifs is 1. The van der Waals surface area contributed by atoms with Crippen LogP contribution >= 0.6 is 0 Å². The molecule has 0 bridgehead atoms. The van der Waals surface area contributed by atoms with Crippen molar-refractivity contribution in [2.45, 2.75) is 45.2 Å². The Bertz CT molecular complexity index is 666. The lowest BCUT2D eigenvalue weighted by Crippen LogP contribution is -2.33. The van der Waals surface area contributed by atoms with Gasteiger partial charge in [0, 0.05) is 13.1 Å². The fourth-order valence-electron chi connectivity index (χ4n) is 2.51. The Labute approximate surface area is 117 Å². The van der Waals surface area contributed by atoms with Crippen molar-refractivity contribution in [3.63, 3.8) is 0 Å². The Kier molecular flexibility index (Phi) is 2.92. The molecule has 1 amide bonds. The van der Waals surface area contributed by atoms with E-state index in [0.717, 1.165) is 36.1 Å². The van der Waals surface area contributed by atoms with Crippen molar-refractivity contribution in [3.8, 4) is 0 Å². The summed E-state index contributed by atoms with van der Waals surface area (Å²) in [6.45, 7) is 3.87. The fraction of sp³-hybridized carbons (Fsp3) is 0.615. The minimum absolute atomic E-state index is 0.0160. The summed E-state index contributed by atoms with van der Waals surface area (Å²) in [5.41, 5.74) is 8.51. The Morgan fingerprint density at radius 1 is 1.55 bits per heavy atom. The van der Waals surface area contributed by atoms with Crippen LogP contribution in [-0.4, -0.2) is 31.3 Å². The Balaban J connectivity index is 2.03. The van der Waals surface area contributed by atoms with Crippen molar-refractivity contribution < 1.29 is 4.79 Å². The Hall–Kier alpha value is -2.05. The van der Waals surface area contributed by atoms with Gasteiger partial charge in [-0.15, -0.1) is 0 Å². The summed E-state index contributed by atoms with van der Waals surface area (Å²) >= 11 is 0. The summed E-state index contributed by atoms with van der Waals surface area (Å²) in [7, 11) is 1.85. The highest BCUT2D eigenvalue weighted by molar-refractivity contribution is 5.85. The first-order valence-corrected chi connectivity index (χ1v) is 7.02. The third-order valence-electron chi connectivity index (χ3n) is 3.79. The van der Waals surface area contributed by atoms with Gasteiger partial charge in [0.05, 0.1) is 5.69 Å². The molecule has 1 saturated carbocycles. The number of hydrogen-bond acceptors (Lipinski definition) is 4. The molecular formula is C13H20N6O. The van der Waals surface area contributed by atoms with Crippen LogP contribution in [0.3, 0.4) is 0 Å². The van der Waals surface area contributed by atoms with E-state index in [9.17, 15) is 4.79 Å². The zero-order chi connectivity index (χ0) is 14.4. The molecule has 108 valence electrons. The maximum atomic E-state index is 12.2. The van der Waals surface area contributed by atoms with E-state index < -0.39 is 0 Å². The zero-order valence-corrected chi connectivity index (χ0v) is 12.1. The molecule has 1 aliphatic carbocycles. The molecule has 1 fully saturated rings. The van der Waals surface area contributed by atoms with Gasteiger partial charge in [-0.25, -0.2) is 4.98 Å². The third kappa shape index (κ3) is 1.93. The van der Waals surface area contributed by atoms with Gasteiger partial charge in [0.25, 0.3) is 0 Å². The minimum atomic E-state index is -0.388. The molecule has 0 radical (unpaired) electrons. The molecule has 20 heavy (non-hydrogen) atoms. The average molecular weight is 276 g/mol. The van der Waals surface area contributed by atoms with Gasteiger partial charge in [-0.2, -0.15) is 5.10 Å². The van der Waals surface area contributed by atoms with Crippen LogP contribution in [0.25, 0.3) is 11.2 Å². The number of aromatic nitrogens is 4. The summed E-state index contributed by atoms with van der Waals surface area (Å²) < 4.78 is 3.51. The number of nitrogens with zero attached hydrogens (tertiary/aromatic N) is 4. The molecule has 2 aromatic rings. The first-order chi connectivity index (χ1) is 9.52. The van der Waals surface area contributed by atoms with Gasteiger partial charge in [-0.05, 0) is 26.2 Å². The normalized spacial score (nSPS) is 16.6. The van der Waals surface area contributed by atoms with Crippen LogP contribution in [0.5, 0.6) is 0 Å². The van der Waals surface area contributed by atoms with Gasteiger partial charge in [0.1, 0.15) is 11.6 Å². The van der Waals surface area contributed by atoms with E-state index in [0.29, 0.717) is 12.0 Å².